The fourth-order valence-electron chi connectivity index (χ4n) is 2.38. The van der Waals surface area contributed by atoms with Crippen molar-refractivity contribution < 1.29 is 8.42 Å². The van der Waals surface area contributed by atoms with Gasteiger partial charge >= 0.3 is 0 Å². The zero-order valence-corrected chi connectivity index (χ0v) is 12.6. The molecular formula is C13H21N3O3S. The van der Waals surface area contributed by atoms with E-state index in [9.17, 15) is 13.2 Å². The van der Waals surface area contributed by atoms with Crippen LogP contribution in [0.5, 0.6) is 0 Å². The van der Waals surface area contributed by atoms with Gasteiger partial charge in [-0.05, 0) is 45.8 Å². The van der Waals surface area contributed by atoms with Crippen LogP contribution < -0.4 is 10.3 Å². The summed E-state index contributed by atoms with van der Waals surface area (Å²) in [5.41, 5.74) is -0.311. The Hall–Kier alpha value is -1.18. The smallest absolute Gasteiger partial charge is 0.247 e. The summed E-state index contributed by atoms with van der Waals surface area (Å²) >= 11 is 0. The Balaban J connectivity index is 2.00. The van der Waals surface area contributed by atoms with Gasteiger partial charge in [-0.2, -0.15) is 0 Å². The number of hydrogen-bond donors (Lipinski definition) is 2. The van der Waals surface area contributed by atoms with Crippen LogP contribution in [0, 0.1) is 0 Å². The van der Waals surface area contributed by atoms with Crippen LogP contribution in [0.2, 0.25) is 0 Å². The predicted octanol–water partition coefficient (Wildman–Crippen LogP) is 0.526. The summed E-state index contributed by atoms with van der Waals surface area (Å²) in [7, 11) is -3.55. The van der Waals surface area contributed by atoms with Crippen molar-refractivity contribution in [1.82, 2.24) is 14.6 Å². The van der Waals surface area contributed by atoms with Crippen molar-refractivity contribution in [3.8, 4) is 0 Å². The Bertz CT molecular complexity index is 581. The van der Waals surface area contributed by atoms with Gasteiger partial charge in [0.15, 0.2) is 0 Å². The van der Waals surface area contributed by atoms with E-state index in [0.717, 1.165) is 25.9 Å². The van der Waals surface area contributed by atoms with Gasteiger partial charge in [0.2, 0.25) is 15.6 Å². The number of aromatic amines is 1. The molecule has 2 heterocycles. The molecule has 0 spiro atoms. The Morgan fingerprint density at radius 2 is 1.95 bits per heavy atom. The molecule has 1 saturated heterocycles. The van der Waals surface area contributed by atoms with Crippen molar-refractivity contribution in [3.05, 3.63) is 28.7 Å². The molecule has 0 unspecified atom stereocenters. The molecule has 20 heavy (non-hydrogen) atoms. The third-order valence-electron chi connectivity index (χ3n) is 3.65. The molecule has 0 atom stereocenters. The summed E-state index contributed by atoms with van der Waals surface area (Å²) in [5.74, 6) is 0. The highest BCUT2D eigenvalue weighted by Gasteiger charge is 2.25. The SMILES string of the molecule is CC(C)N1CCC(NS(=O)(=O)c2ccc(=O)[nH]c2)CC1. The van der Waals surface area contributed by atoms with Crippen LogP contribution in [-0.2, 0) is 10.0 Å². The van der Waals surface area contributed by atoms with Crippen molar-refractivity contribution in [3.63, 3.8) is 0 Å². The maximum Gasteiger partial charge on any atom is 0.247 e. The molecule has 1 aromatic rings. The van der Waals surface area contributed by atoms with Gasteiger partial charge in [-0.1, -0.05) is 0 Å². The van der Waals surface area contributed by atoms with Crippen LogP contribution in [0.25, 0.3) is 0 Å². The van der Waals surface area contributed by atoms with Crippen LogP contribution in [0.3, 0.4) is 0 Å². The van der Waals surface area contributed by atoms with Gasteiger partial charge in [0.1, 0.15) is 0 Å². The molecule has 1 aliphatic heterocycles. The molecule has 0 bridgehead atoms. The Morgan fingerprint density at radius 1 is 1.30 bits per heavy atom. The maximum atomic E-state index is 12.2. The first kappa shape index (κ1) is 15.2. The number of likely N-dealkylation sites (tertiary alicyclic amines) is 1. The van der Waals surface area contributed by atoms with E-state index in [1.165, 1.54) is 18.3 Å². The molecule has 0 saturated carbocycles. The van der Waals surface area contributed by atoms with Crippen LogP contribution in [-0.4, -0.2) is 43.5 Å². The zero-order valence-electron chi connectivity index (χ0n) is 11.8. The second-order valence-corrected chi connectivity index (χ2v) is 7.13. The minimum absolute atomic E-state index is 0.0399. The minimum Gasteiger partial charge on any atom is -0.328 e. The van der Waals surface area contributed by atoms with Crippen LogP contribution >= 0.6 is 0 Å². The molecule has 0 amide bonds. The Morgan fingerprint density at radius 3 is 2.45 bits per heavy atom. The first-order chi connectivity index (χ1) is 9.38. The quantitative estimate of drug-likeness (QED) is 0.849. The molecule has 7 heteroatoms. The van der Waals surface area contributed by atoms with E-state index < -0.39 is 10.0 Å². The number of sulfonamides is 1. The first-order valence-corrected chi connectivity index (χ1v) is 8.32. The highest BCUT2D eigenvalue weighted by molar-refractivity contribution is 7.89. The number of pyridine rings is 1. The summed E-state index contributed by atoms with van der Waals surface area (Å²) in [4.78, 5) is 15.8. The van der Waals surface area contributed by atoms with E-state index in [2.05, 4.69) is 28.5 Å². The number of hydrogen-bond acceptors (Lipinski definition) is 4. The van der Waals surface area contributed by atoms with E-state index in [0.29, 0.717) is 6.04 Å². The third-order valence-corrected chi connectivity index (χ3v) is 5.17. The number of aromatic nitrogens is 1. The van der Waals surface area contributed by atoms with E-state index in [4.69, 9.17) is 0 Å². The number of H-pyrrole nitrogens is 1. The monoisotopic (exact) mass is 299 g/mol. The van der Waals surface area contributed by atoms with Gasteiger partial charge in [0.25, 0.3) is 0 Å². The molecule has 6 nitrogen and oxygen atoms in total. The number of nitrogens with one attached hydrogen (secondary N) is 2. The van der Waals surface area contributed by atoms with Crippen molar-refractivity contribution in [2.75, 3.05) is 13.1 Å². The van der Waals surface area contributed by atoms with Crippen molar-refractivity contribution in [2.45, 2.75) is 43.7 Å². The second-order valence-electron chi connectivity index (χ2n) is 5.41. The summed E-state index contributed by atoms with van der Waals surface area (Å²) in [6.45, 7) is 6.09. The lowest BCUT2D eigenvalue weighted by atomic mass is 10.1. The fraction of sp³-hybridized carbons (Fsp3) is 0.615. The number of nitrogens with zero attached hydrogens (tertiary/aromatic N) is 1. The van der Waals surface area contributed by atoms with Gasteiger partial charge in [-0.3, -0.25) is 4.79 Å². The van der Waals surface area contributed by atoms with Gasteiger partial charge in [-0.25, -0.2) is 13.1 Å². The van der Waals surface area contributed by atoms with E-state index >= 15 is 0 Å². The molecule has 2 N–H and O–H groups in total. The van der Waals surface area contributed by atoms with Crippen molar-refractivity contribution >= 4 is 10.0 Å². The molecule has 1 fully saturated rings. The fourth-order valence-corrected chi connectivity index (χ4v) is 3.66. The first-order valence-electron chi connectivity index (χ1n) is 6.83. The summed E-state index contributed by atoms with van der Waals surface area (Å²) in [6.07, 6.45) is 2.84. The molecule has 1 aliphatic rings. The predicted molar refractivity (Wildman–Crippen MR) is 77.1 cm³/mol. The largest absolute Gasteiger partial charge is 0.328 e. The lowest BCUT2D eigenvalue weighted by molar-refractivity contribution is 0.168. The minimum atomic E-state index is -3.55. The average Bonchev–Trinajstić information content (AvgIpc) is 2.39. The molecule has 0 aliphatic carbocycles. The van der Waals surface area contributed by atoms with Gasteiger partial charge in [0, 0.05) is 24.3 Å². The molecule has 112 valence electrons. The summed E-state index contributed by atoms with van der Waals surface area (Å²) < 4.78 is 27.1. The third kappa shape index (κ3) is 3.68. The van der Waals surface area contributed by atoms with Crippen LogP contribution in [0.4, 0.5) is 0 Å². The van der Waals surface area contributed by atoms with Crippen LogP contribution in [0.15, 0.2) is 28.0 Å². The highest BCUT2D eigenvalue weighted by Crippen LogP contribution is 2.15. The molecule has 0 radical (unpaired) electrons. The number of piperidine rings is 1. The topological polar surface area (TPSA) is 82.3 Å². The van der Waals surface area contributed by atoms with Gasteiger partial charge in [-0.15, -0.1) is 0 Å². The molecule has 0 aromatic carbocycles. The molecule has 2 rings (SSSR count). The molecule has 1 aromatic heterocycles. The lowest BCUT2D eigenvalue weighted by Crippen LogP contribution is -2.46. The number of rotatable bonds is 4. The molecular weight excluding hydrogens is 278 g/mol. The summed E-state index contributed by atoms with van der Waals surface area (Å²) in [5, 5.41) is 0. The van der Waals surface area contributed by atoms with Gasteiger partial charge in [0.05, 0.1) is 4.90 Å². The second kappa shape index (κ2) is 6.07. The van der Waals surface area contributed by atoms with E-state index in [1.54, 1.807) is 0 Å². The maximum absolute atomic E-state index is 12.2. The van der Waals surface area contributed by atoms with E-state index in [-0.39, 0.29) is 16.5 Å². The van der Waals surface area contributed by atoms with Gasteiger partial charge < -0.3 is 9.88 Å². The normalized spacial score (nSPS) is 18.6. The summed E-state index contributed by atoms with van der Waals surface area (Å²) in [6, 6.07) is 2.99. The van der Waals surface area contributed by atoms with Crippen molar-refractivity contribution in [1.29, 1.82) is 0 Å². The zero-order chi connectivity index (χ0) is 14.8. The standard InChI is InChI=1S/C13H21N3O3S/c1-10(2)16-7-5-11(6-8-16)15-20(18,19)12-3-4-13(17)14-9-12/h3-4,9-11,15H,5-8H2,1-2H3,(H,14,17). The van der Waals surface area contributed by atoms with Crippen molar-refractivity contribution in [2.24, 2.45) is 0 Å². The Labute approximate surface area is 119 Å². The van der Waals surface area contributed by atoms with E-state index in [1.807, 2.05) is 0 Å². The Kier molecular flexibility index (Phi) is 4.62. The average molecular weight is 299 g/mol. The highest BCUT2D eigenvalue weighted by atomic mass is 32.2. The lowest BCUT2D eigenvalue weighted by Gasteiger charge is -2.34. The van der Waals surface area contributed by atoms with Crippen LogP contribution in [0.1, 0.15) is 26.7 Å².